The SMILES string of the molecule is C[C@H](C(=O)Nc1ccc2c(c1)OCO2)[n+]1ccc(N(C)C)cc1. The first-order valence-corrected chi connectivity index (χ1v) is 7.43. The minimum atomic E-state index is -0.323. The lowest BCUT2D eigenvalue weighted by Crippen LogP contribution is -2.44. The van der Waals surface area contributed by atoms with Gasteiger partial charge in [0.15, 0.2) is 23.9 Å². The zero-order valence-electron chi connectivity index (χ0n) is 13.4. The first-order valence-electron chi connectivity index (χ1n) is 7.43. The quantitative estimate of drug-likeness (QED) is 0.877. The molecule has 6 heteroatoms. The Labute approximate surface area is 135 Å². The summed E-state index contributed by atoms with van der Waals surface area (Å²) in [5, 5.41) is 2.90. The van der Waals surface area contributed by atoms with Gasteiger partial charge in [0.05, 0.1) is 0 Å². The van der Waals surface area contributed by atoms with Crippen LogP contribution in [0.15, 0.2) is 42.7 Å². The molecule has 1 N–H and O–H groups in total. The van der Waals surface area contributed by atoms with Crippen LogP contribution in [0.5, 0.6) is 11.5 Å². The van der Waals surface area contributed by atoms with E-state index in [1.54, 1.807) is 18.2 Å². The Morgan fingerprint density at radius 2 is 1.87 bits per heavy atom. The van der Waals surface area contributed by atoms with Crippen LogP contribution in [-0.4, -0.2) is 26.8 Å². The second-order valence-corrected chi connectivity index (χ2v) is 5.63. The van der Waals surface area contributed by atoms with Crippen molar-refractivity contribution in [3.8, 4) is 11.5 Å². The molecule has 0 aliphatic carbocycles. The highest BCUT2D eigenvalue weighted by Gasteiger charge is 2.23. The molecule has 0 spiro atoms. The monoisotopic (exact) mass is 314 g/mol. The van der Waals surface area contributed by atoms with E-state index in [0.717, 1.165) is 5.69 Å². The van der Waals surface area contributed by atoms with Gasteiger partial charge in [-0.25, -0.2) is 0 Å². The number of pyridine rings is 1. The summed E-state index contributed by atoms with van der Waals surface area (Å²) in [4.78, 5) is 14.4. The fourth-order valence-electron chi connectivity index (χ4n) is 2.34. The molecule has 6 nitrogen and oxygen atoms in total. The van der Waals surface area contributed by atoms with E-state index in [1.165, 1.54) is 0 Å². The van der Waals surface area contributed by atoms with Crippen LogP contribution in [0.1, 0.15) is 13.0 Å². The van der Waals surface area contributed by atoms with Gasteiger partial charge >= 0.3 is 0 Å². The minimum Gasteiger partial charge on any atom is -0.454 e. The topological polar surface area (TPSA) is 54.7 Å². The van der Waals surface area contributed by atoms with Crippen molar-refractivity contribution in [2.24, 2.45) is 0 Å². The summed E-state index contributed by atoms with van der Waals surface area (Å²) in [5.74, 6) is 1.26. The number of rotatable bonds is 4. The highest BCUT2D eigenvalue weighted by Crippen LogP contribution is 2.34. The molecule has 23 heavy (non-hydrogen) atoms. The Morgan fingerprint density at radius 1 is 1.17 bits per heavy atom. The Balaban J connectivity index is 1.69. The first-order chi connectivity index (χ1) is 11.0. The van der Waals surface area contributed by atoms with Gasteiger partial charge in [0.25, 0.3) is 5.91 Å². The number of nitrogens with zero attached hydrogens (tertiary/aromatic N) is 2. The maximum atomic E-state index is 12.4. The highest BCUT2D eigenvalue weighted by molar-refractivity contribution is 5.92. The van der Waals surface area contributed by atoms with E-state index >= 15 is 0 Å². The number of amides is 1. The molecule has 1 atom stereocenters. The van der Waals surface area contributed by atoms with Crippen LogP contribution in [0.4, 0.5) is 11.4 Å². The molecule has 0 saturated carbocycles. The van der Waals surface area contributed by atoms with E-state index in [4.69, 9.17) is 9.47 Å². The van der Waals surface area contributed by atoms with E-state index in [9.17, 15) is 4.79 Å². The van der Waals surface area contributed by atoms with Crippen LogP contribution in [0, 0.1) is 0 Å². The van der Waals surface area contributed by atoms with Crippen molar-refractivity contribution in [3.05, 3.63) is 42.7 Å². The fraction of sp³-hybridized carbons (Fsp3) is 0.294. The molecule has 1 aromatic carbocycles. The molecule has 1 amide bonds. The number of ether oxygens (including phenoxy) is 2. The van der Waals surface area contributed by atoms with Gasteiger partial charge in [0.1, 0.15) is 0 Å². The summed E-state index contributed by atoms with van der Waals surface area (Å²) in [6.45, 7) is 2.08. The van der Waals surface area contributed by atoms with Crippen LogP contribution in [0.2, 0.25) is 0 Å². The van der Waals surface area contributed by atoms with Crippen molar-refractivity contribution in [2.45, 2.75) is 13.0 Å². The Bertz CT molecular complexity index is 714. The van der Waals surface area contributed by atoms with Gasteiger partial charge in [0, 0.05) is 50.6 Å². The van der Waals surface area contributed by atoms with Crippen LogP contribution < -0.4 is 24.3 Å². The number of carbonyl (C=O) groups is 1. The van der Waals surface area contributed by atoms with Crippen LogP contribution >= 0.6 is 0 Å². The van der Waals surface area contributed by atoms with Crippen molar-refractivity contribution >= 4 is 17.3 Å². The van der Waals surface area contributed by atoms with Crippen LogP contribution in [0.3, 0.4) is 0 Å². The molecule has 1 aromatic heterocycles. The second kappa shape index (κ2) is 6.16. The van der Waals surface area contributed by atoms with Crippen molar-refractivity contribution in [2.75, 3.05) is 31.1 Å². The predicted molar refractivity (Wildman–Crippen MR) is 86.9 cm³/mol. The maximum absolute atomic E-state index is 12.4. The molecule has 0 saturated heterocycles. The largest absolute Gasteiger partial charge is 0.454 e. The smallest absolute Gasteiger partial charge is 0.293 e. The van der Waals surface area contributed by atoms with Crippen LogP contribution in [0.25, 0.3) is 0 Å². The lowest BCUT2D eigenvalue weighted by atomic mass is 10.2. The molecule has 3 rings (SSSR count). The van der Waals surface area contributed by atoms with Gasteiger partial charge in [0.2, 0.25) is 12.8 Å². The Morgan fingerprint density at radius 3 is 2.57 bits per heavy atom. The van der Waals surface area contributed by atoms with E-state index in [-0.39, 0.29) is 18.7 Å². The molecular formula is C17H20N3O3+. The number of benzene rings is 1. The number of anilines is 2. The van der Waals surface area contributed by atoms with Crippen molar-refractivity contribution in [1.82, 2.24) is 0 Å². The molecule has 2 aromatic rings. The average molecular weight is 314 g/mol. The van der Waals surface area contributed by atoms with E-state index in [0.29, 0.717) is 17.2 Å². The molecule has 1 aliphatic rings. The predicted octanol–water partition coefficient (Wildman–Crippen LogP) is 1.97. The Kier molecular flexibility index (Phi) is 4.06. The number of hydrogen-bond donors (Lipinski definition) is 1. The summed E-state index contributed by atoms with van der Waals surface area (Å²) in [7, 11) is 3.96. The van der Waals surface area contributed by atoms with E-state index in [2.05, 4.69) is 5.32 Å². The molecular weight excluding hydrogens is 294 g/mol. The average Bonchev–Trinajstić information content (AvgIpc) is 3.01. The first kappa shape index (κ1) is 15.1. The van der Waals surface area contributed by atoms with Gasteiger partial charge in [-0.05, 0) is 12.1 Å². The van der Waals surface area contributed by atoms with Crippen molar-refractivity contribution in [1.29, 1.82) is 0 Å². The minimum absolute atomic E-state index is 0.0912. The van der Waals surface area contributed by atoms with Gasteiger partial charge in [-0.1, -0.05) is 0 Å². The highest BCUT2D eigenvalue weighted by atomic mass is 16.7. The van der Waals surface area contributed by atoms with Gasteiger partial charge < -0.3 is 19.7 Å². The molecule has 0 bridgehead atoms. The number of hydrogen-bond acceptors (Lipinski definition) is 4. The number of nitrogens with one attached hydrogen (secondary N) is 1. The standard InChI is InChI=1S/C17H19N3O3/c1-12(20-8-6-14(7-9-20)19(2)3)17(21)18-13-4-5-15-16(10-13)23-11-22-15/h4-10,12H,11H2,1-3H3/p+1/t12-/m1/s1. The fourth-order valence-corrected chi connectivity index (χ4v) is 2.34. The van der Waals surface area contributed by atoms with Crippen molar-refractivity contribution in [3.63, 3.8) is 0 Å². The summed E-state index contributed by atoms with van der Waals surface area (Å²) >= 11 is 0. The number of fused-ring (bicyclic) bond motifs is 1. The van der Waals surface area contributed by atoms with Gasteiger partial charge in [-0.2, -0.15) is 4.57 Å². The van der Waals surface area contributed by atoms with E-state index in [1.807, 2.05) is 55.0 Å². The van der Waals surface area contributed by atoms with Crippen LogP contribution in [-0.2, 0) is 4.79 Å². The molecule has 2 heterocycles. The lowest BCUT2D eigenvalue weighted by molar-refractivity contribution is -0.705. The van der Waals surface area contributed by atoms with Crippen molar-refractivity contribution < 1.29 is 18.8 Å². The summed E-state index contributed by atoms with van der Waals surface area (Å²) in [6.07, 6.45) is 3.80. The molecule has 120 valence electrons. The molecule has 0 radical (unpaired) electrons. The van der Waals surface area contributed by atoms with Gasteiger partial charge in [-0.3, -0.25) is 4.79 Å². The third kappa shape index (κ3) is 3.21. The lowest BCUT2D eigenvalue weighted by Gasteiger charge is -2.12. The summed E-state index contributed by atoms with van der Waals surface area (Å²) in [5.41, 5.74) is 1.78. The van der Waals surface area contributed by atoms with Gasteiger partial charge in [-0.15, -0.1) is 0 Å². The number of carbonyl (C=O) groups excluding carboxylic acids is 1. The second-order valence-electron chi connectivity index (χ2n) is 5.63. The normalized spacial score (nSPS) is 13.5. The Hall–Kier alpha value is -2.76. The molecule has 0 unspecified atom stereocenters. The zero-order valence-corrected chi connectivity index (χ0v) is 13.4. The third-order valence-corrected chi connectivity index (χ3v) is 3.82. The summed E-state index contributed by atoms with van der Waals surface area (Å²) < 4.78 is 12.5. The molecule has 1 aliphatic heterocycles. The zero-order chi connectivity index (χ0) is 16.4. The van der Waals surface area contributed by atoms with E-state index < -0.39 is 0 Å². The third-order valence-electron chi connectivity index (χ3n) is 3.82. The molecule has 0 fully saturated rings. The maximum Gasteiger partial charge on any atom is 0.293 e. The number of aromatic nitrogens is 1. The summed E-state index contributed by atoms with van der Waals surface area (Å²) in [6, 6.07) is 9.00.